The molecule has 1 aromatic heterocycles. The van der Waals surface area contributed by atoms with Crippen LogP contribution in [-0.2, 0) is 6.42 Å². The van der Waals surface area contributed by atoms with Crippen molar-refractivity contribution in [3.63, 3.8) is 0 Å². The summed E-state index contributed by atoms with van der Waals surface area (Å²) >= 11 is 0. The largest absolute Gasteiger partial charge is 0.370 e. The SMILES string of the molecule is CCNc1ncnc(N2CCCC(C)(C)CC2)c1CC. The van der Waals surface area contributed by atoms with Crippen molar-refractivity contribution in [2.45, 2.75) is 53.4 Å². The van der Waals surface area contributed by atoms with Crippen LogP contribution < -0.4 is 10.2 Å². The van der Waals surface area contributed by atoms with E-state index in [2.05, 4.69) is 47.9 Å². The maximum Gasteiger partial charge on any atom is 0.137 e. The quantitative estimate of drug-likeness (QED) is 0.914. The Hall–Kier alpha value is -1.32. The molecule has 1 aliphatic heterocycles. The van der Waals surface area contributed by atoms with E-state index in [0.717, 1.165) is 37.7 Å². The number of anilines is 2. The molecule has 2 heterocycles. The van der Waals surface area contributed by atoms with E-state index in [1.54, 1.807) is 6.33 Å². The topological polar surface area (TPSA) is 41.1 Å². The van der Waals surface area contributed by atoms with Gasteiger partial charge >= 0.3 is 0 Å². The van der Waals surface area contributed by atoms with Crippen LogP contribution in [0.3, 0.4) is 0 Å². The summed E-state index contributed by atoms with van der Waals surface area (Å²) < 4.78 is 0. The van der Waals surface area contributed by atoms with E-state index in [4.69, 9.17) is 0 Å². The third-order valence-corrected chi connectivity index (χ3v) is 4.26. The normalized spacial score (nSPS) is 18.7. The molecule has 0 saturated carbocycles. The van der Waals surface area contributed by atoms with Crippen molar-refractivity contribution < 1.29 is 0 Å². The fourth-order valence-corrected chi connectivity index (χ4v) is 2.96. The van der Waals surface area contributed by atoms with Crippen LogP contribution in [0.4, 0.5) is 11.6 Å². The Bertz CT molecular complexity index is 442. The van der Waals surface area contributed by atoms with Crippen molar-refractivity contribution in [1.29, 1.82) is 0 Å². The summed E-state index contributed by atoms with van der Waals surface area (Å²) in [7, 11) is 0. The summed E-state index contributed by atoms with van der Waals surface area (Å²) in [5.41, 5.74) is 1.72. The second kappa shape index (κ2) is 6.42. The van der Waals surface area contributed by atoms with Gasteiger partial charge in [-0.3, -0.25) is 0 Å². The number of nitrogens with zero attached hydrogens (tertiary/aromatic N) is 3. The van der Waals surface area contributed by atoms with Gasteiger partial charge in [0.05, 0.1) is 0 Å². The van der Waals surface area contributed by atoms with Crippen LogP contribution in [0, 0.1) is 5.41 Å². The Balaban J connectivity index is 2.25. The summed E-state index contributed by atoms with van der Waals surface area (Å²) in [4.78, 5) is 11.4. The van der Waals surface area contributed by atoms with Gasteiger partial charge in [-0.15, -0.1) is 0 Å². The first-order valence-electron chi connectivity index (χ1n) is 7.90. The van der Waals surface area contributed by atoms with Gasteiger partial charge in [0, 0.05) is 25.2 Å². The van der Waals surface area contributed by atoms with E-state index in [1.807, 2.05) is 0 Å². The molecule has 20 heavy (non-hydrogen) atoms. The maximum atomic E-state index is 4.58. The molecule has 0 amide bonds. The number of hydrogen-bond donors (Lipinski definition) is 1. The first kappa shape index (κ1) is 15.1. The lowest BCUT2D eigenvalue weighted by Crippen LogP contribution is -2.27. The van der Waals surface area contributed by atoms with Gasteiger partial charge in [0.15, 0.2) is 0 Å². The molecule has 0 aromatic carbocycles. The summed E-state index contributed by atoms with van der Waals surface area (Å²) in [6.07, 6.45) is 6.45. The van der Waals surface area contributed by atoms with Crippen LogP contribution >= 0.6 is 0 Å². The Morgan fingerprint density at radius 2 is 2.00 bits per heavy atom. The van der Waals surface area contributed by atoms with Gasteiger partial charge in [0.25, 0.3) is 0 Å². The van der Waals surface area contributed by atoms with Crippen molar-refractivity contribution in [1.82, 2.24) is 9.97 Å². The smallest absolute Gasteiger partial charge is 0.137 e. The molecular formula is C16H28N4. The zero-order valence-corrected chi connectivity index (χ0v) is 13.4. The van der Waals surface area contributed by atoms with E-state index >= 15 is 0 Å². The average Bonchev–Trinajstić information content (AvgIpc) is 2.60. The van der Waals surface area contributed by atoms with Crippen LogP contribution in [0.25, 0.3) is 0 Å². The van der Waals surface area contributed by atoms with Crippen molar-refractivity contribution in [3.05, 3.63) is 11.9 Å². The Morgan fingerprint density at radius 1 is 1.20 bits per heavy atom. The highest BCUT2D eigenvalue weighted by molar-refractivity contribution is 5.58. The predicted octanol–water partition coefficient (Wildman–Crippen LogP) is 3.49. The molecule has 0 spiro atoms. The monoisotopic (exact) mass is 276 g/mol. The molecular weight excluding hydrogens is 248 g/mol. The molecule has 0 atom stereocenters. The molecule has 2 rings (SSSR count). The highest BCUT2D eigenvalue weighted by Crippen LogP contribution is 2.33. The fraction of sp³-hybridized carbons (Fsp3) is 0.750. The zero-order valence-electron chi connectivity index (χ0n) is 13.4. The lowest BCUT2D eigenvalue weighted by Gasteiger charge is -2.26. The highest BCUT2D eigenvalue weighted by Gasteiger charge is 2.25. The van der Waals surface area contributed by atoms with Crippen molar-refractivity contribution in [2.75, 3.05) is 29.9 Å². The Kier molecular flexibility index (Phi) is 4.84. The number of hydrogen-bond acceptors (Lipinski definition) is 4. The molecule has 112 valence electrons. The van der Waals surface area contributed by atoms with Crippen LogP contribution in [-0.4, -0.2) is 29.6 Å². The minimum atomic E-state index is 0.457. The Morgan fingerprint density at radius 3 is 2.70 bits per heavy atom. The maximum absolute atomic E-state index is 4.58. The van der Waals surface area contributed by atoms with Gasteiger partial charge in [-0.1, -0.05) is 20.8 Å². The van der Waals surface area contributed by atoms with Crippen molar-refractivity contribution in [3.8, 4) is 0 Å². The molecule has 1 fully saturated rings. The predicted molar refractivity (Wildman–Crippen MR) is 85.4 cm³/mol. The fourth-order valence-electron chi connectivity index (χ4n) is 2.96. The van der Waals surface area contributed by atoms with E-state index < -0.39 is 0 Å². The zero-order chi connectivity index (χ0) is 14.6. The molecule has 4 nitrogen and oxygen atoms in total. The number of aromatic nitrogens is 2. The molecule has 4 heteroatoms. The Labute approximate surface area is 123 Å². The van der Waals surface area contributed by atoms with Gasteiger partial charge in [-0.25, -0.2) is 9.97 Å². The number of nitrogens with one attached hydrogen (secondary N) is 1. The number of rotatable bonds is 4. The molecule has 0 unspecified atom stereocenters. The molecule has 0 aliphatic carbocycles. The molecule has 0 bridgehead atoms. The van der Waals surface area contributed by atoms with Crippen LogP contribution in [0.1, 0.15) is 52.5 Å². The van der Waals surface area contributed by atoms with Crippen molar-refractivity contribution in [2.24, 2.45) is 5.41 Å². The van der Waals surface area contributed by atoms with Gasteiger partial charge in [0.1, 0.15) is 18.0 Å². The molecule has 0 radical (unpaired) electrons. The van der Waals surface area contributed by atoms with Crippen molar-refractivity contribution >= 4 is 11.6 Å². The van der Waals surface area contributed by atoms with Gasteiger partial charge in [0.2, 0.25) is 0 Å². The third-order valence-electron chi connectivity index (χ3n) is 4.26. The average molecular weight is 276 g/mol. The standard InChI is InChI=1S/C16H28N4/c1-5-13-14(17-6-2)18-12-19-15(13)20-10-7-8-16(3,4)9-11-20/h12H,5-11H2,1-4H3,(H,17,18,19). The highest BCUT2D eigenvalue weighted by atomic mass is 15.2. The summed E-state index contributed by atoms with van der Waals surface area (Å²) in [6, 6.07) is 0. The molecule has 1 N–H and O–H groups in total. The van der Waals surface area contributed by atoms with E-state index in [1.165, 1.54) is 24.8 Å². The van der Waals surface area contributed by atoms with Crippen LogP contribution in [0.2, 0.25) is 0 Å². The van der Waals surface area contributed by atoms with Gasteiger partial charge in [-0.2, -0.15) is 0 Å². The van der Waals surface area contributed by atoms with E-state index in [0.29, 0.717) is 5.41 Å². The third kappa shape index (κ3) is 3.41. The lowest BCUT2D eigenvalue weighted by atomic mass is 9.85. The second-order valence-electron chi connectivity index (χ2n) is 6.41. The van der Waals surface area contributed by atoms with E-state index in [-0.39, 0.29) is 0 Å². The van der Waals surface area contributed by atoms with Gasteiger partial charge < -0.3 is 10.2 Å². The lowest BCUT2D eigenvalue weighted by molar-refractivity contribution is 0.325. The van der Waals surface area contributed by atoms with Gasteiger partial charge in [-0.05, 0) is 38.0 Å². The molecule has 1 saturated heterocycles. The minimum absolute atomic E-state index is 0.457. The second-order valence-corrected chi connectivity index (χ2v) is 6.41. The molecule has 1 aromatic rings. The summed E-state index contributed by atoms with van der Waals surface area (Å²) in [5.74, 6) is 2.14. The van der Waals surface area contributed by atoms with Crippen LogP contribution in [0.15, 0.2) is 6.33 Å². The minimum Gasteiger partial charge on any atom is -0.370 e. The van der Waals surface area contributed by atoms with Crippen LogP contribution in [0.5, 0.6) is 0 Å². The molecule has 1 aliphatic rings. The van der Waals surface area contributed by atoms with E-state index in [9.17, 15) is 0 Å². The first-order chi connectivity index (χ1) is 9.57. The first-order valence-corrected chi connectivity index (χ1v) is 7.90. The summed E-state index contributed by atoms with van der Waals surface area (Å²) in [6.45, 7) is 12.2. The summed E-state index contributed by atoms with van der Waals surface area (Å²) in [5, 5.41) is 3.36.